The van der Waals surface area contributed by atoms with Crippen LogP contribution in [0, 0.1) is 0 Å². The minimum Gasteiger partial charge on any atom is -0.348 e. The molecule has 0 unspecified atom stereocenters. The smallest absolute Gasteiger partial charge is 0.222 e. The molecule has 2 heterocycles. The van der Waals surface area contributed by atoms with Gasteiger partial charge < -0.3 is 10.2 Å². The topological polar surface area (TPSA) is 58.1 Å². The number of nitrogens with zero attached hydrogens (tertiary/aromatic N) is 3. The average Bonchev–Trinajstić information content (AvgIpc) is 2.52. The molecule has 5 nitrogen and oxygen atoms in total. The van der Waals surface area contributed by atoms with Crippen LogP contribution in [0.5, 0.6) is 0 Å². The molecule has 1 fully saturated rings. The van der Waals surface area contributed by atoms with Crippen LogP contribution in [-0.4, -0.2) is 39.9 Å². The molecule has 0 aliphatic carbocycles. The Labute approximate surface area is 130 Å². The predicted molar refractivity (Wildman–Crippen MR) is 85.4 cm³/mol. The van der Waals surface area contributed by atoms with Crippen LogP contribution in [0.3, 0.4) is 0 Å². The fourth-order valence-corrected chi connectivity index (χ4v) is 2.58. The van der Waals surface area contributed by atoms with Gasteiger partial charge in [-0.15, -0.1) is 0 Å². The molecule has 0 saturated carbocycles. The number of hydrogen-bond donors (Lipinski definition) is 1. The lowest BCUT2D eigenvalue weighted by atomic mass is 10.1. The second-order valence-electron chi connectivity index (χ2n) is 5.55. The van der Waals surface area contributed by atoms with E-state index in [0.717, 1.165) is 25.9 Å². The van der Waals surface area contributed by atoms with Crippen LogP contribution in [0.25, 0.3) is 0 Å². The highest BCUT2D eigenvalue weighted by molar-refractivity contribution is 5.77. The fourth-order valence-electron chi connectivity index (χ4n) is 2.58. The molecule has 114 valence electrons. The van der Waals surface area contributed by atoms with Gasteiger partial charge in [-0.25, -0.2) is 9.97 Å². The highest BCUT2D eigenvalue weighted by Gasteiger charge is 2.30. The average molecular weight is 296 g/mol. The maximum Gasteiger partial charge on any atom is 0.222 e. The lowest BCUT2D eigenvalue weighted by molar-refractivity contribution is -0.135. The largest absolute Gasteiger partial charge is 0.348 e. The van der Waals surface area contributed by atoms with Gasteiger partial charge in [-0.2, -0.15) is 0 Å². The summed E-state index contributed by atoms with van der Waals surface area (Å²) < 4.78 is 0. The summed E-state index contributed by atoms with van der Waals surface area (Å²) in [6.07, 6.45) is 5.89. The molecular weight excluding hydrogens is 276 g/mol. The van der Waals surface area contributed by atoms with Crippen LogP contribution in [0.15, 0.2) is 48.8 Å². The van der Waals surface area contributed by atoms with E-state index in [0.29, 0.717) is 12.4 Å². The summed E-state index contributed by atoms with van der Waals surface area (Å²) in [4.78, 5) is 22.2. The second kappa shape index (κ2) is 7.02. The summed E-state index contributed by atoms with van der Waals surface area (Å²) in [6, 6.07) is 12.3. The van der Waals surface area contributed by atoms with Gasteiger partial charge in [0.25, 0.3) is 0 Å². The highest BCUT2D eigenvalue weighted by atomic mass is 16.2. The molecule has 2 aromatic rings. The van der Waals surface area contributed by atoms with E-state index in [9.17, 15) is 4.79 Å². The van der Waals surface area contributed by atoms with Crippen LogP contribution >= 0.6 is 0 Å². The van der Waals surface area contributed by atoms with Crippen molar-refractivity contribution < 1.29 is 4.79 Å². The first-order valence-electron chi connectivity index (χ1n) is 7.66. The number of rotatable bonds is 6. The number of benzene rings is 1. The summed E-state index contributed by atoms with van der Waals surface area (Å²) in [6.45, 7) is 1.48. The Kier molecular flexibility index (Phi) is 4.63. The van der Waals surface area contributed by atoms with Gasteiger partial charge in [0.1, 0.15) is 0 Å². The molecule has 1 aromatic carbocycles. The van der Waals surface area contributed by atoms with Crippen molar-refractivity contribution in [1.82, 2.24) is 14.9 Å². The van der Waals surface area contributed by atoms with Crippen molar-refractivity contribution in [2.75, 3.05) is 18.4 Å². The Hall–Kier alpha value is -2.43. The van der Waals surface area contributed by atoms with Crippen molar-refractivity contribution in [1.29, 1.82) is 0 Å². The zero-order chi connectivity index (χ0) is 15.2. The molecule has 1 aromatic heterocycles. The number of nitrogens with one attached hydrogen (secondary N) is 1. The van der Waals surface area contributed by atoms with Gasteiger partial charge in [-0.1, -0.05) is 30.3 Å². The van der Waals surface area contributed by atoms with Crippen LogP contribution in [0.1, 0.15) is 18.4 Å². The molecule has 1 aliphatic rings. The molecule has 1 aliphatic heterocycles. The number of carbonyl (C=O) groups excluding carboxylic acids is 1. The number of amides is 1. The summed E-state index contributed by atoms with van der Waals surface area (Å²) in [5, 5.41) is 3.23. The number of anilines is 1. The number of carbonyl (C=O) groups is 1. The van der Waals surface area contributed by atoms with Crippen LogP contribution in [-0.2, 0) is 11.2 Å². The van der Waals surface area contributed by atoms with Crippen molar-refractivity contribution in [3.63, 3.8) is 0 Å². The van der Waals surface area contributed by atoms with E-state index in [1.807, 2.05) is 23.1 Å². The minimum absolute atomic E-state index is 0.239. The van der Waals surface area contributed by atoms with Crippen LogP contribution in [0.4, 0.5) is 5.95 Å². The van der Waals surface area contributed by atoms with Gasteiger partial charge in [-0.05, 0) is 24.5 Å². The standard InChI is InChI=1S/C17H20N4O/c22-16(9-4-8-14-6-2-1-3-7-14)21-12-15(13-21)20-17-18-10-5-11-19-17/h1-3,5-7,10-11,15H,4,8-9,12-13H2,(H,18,19,20). The molecule has 0 atom stereocenters. The Morgan fingerprint density at radius 1 is 1.14 bits per heavy atom. The van der Waals surface area contributed by atoms with Gasteiger partial charge >= 0.3 is 0 Å². The predicted octanol–water partition coefficient (Wildman–Crippen LogP) is 2.12. The van der Waals surface area contributed by atoms with Crippen molar-refractivity contribution in [2.45, 2.75) is 25.3 Å². The van der Waals surface area contributed by atoms with Crippen LogP contribution < -0.4 is 5.32 Å². The molecular formula is C17H20N4O. The Morgan fingerprint density at radius 3 is 2.59 bits per heavy atom. The van der Waals surface area contributed by atoms with Crippen LogP contribution in [0.2, 0.25) is 0 Å². The fraction of sp³-hybridized carbons (Fsp3) is 0.353. The van der Waals surface area contributed by atoms with Gasteiger partial charge in [0, 0.05) is 31.9 Å². The SMILES string of the molecule is O=C(CCCc1ccccc1)N1CC(Nc2ncccn2)C1. The molecule has 1 amide bonds. The first-order chi connectivity index (χ1) is 10.8. The van der Waals surface area contributed by atoms with E-state index in [2.05, 4.69) is 27.4 Å². The number of hydrogen-bond acceptors (Lipinski definition) is 4. The maximum atomic E-state index is 12.1. The third-order valence-electron chi connectivity index (χ3n) is 3.83. The highest BCUT2D eigenvalue weighted by Crippen LogP contribution is 2.15. The number of aromatic nitrogens is 2. The van der Waals surface area contributed by atoms with E-state index in [1.54, 1.807) is 18.5 Å². The van der Waals surface area contributed by atoms with E-state index in [1.165, 1.54) is 5.56 Å². The molecule has 0 spiro atoms. The number of aryl methyl sites for hydroxylation is 1. The van der Waals surface area contributed by atoms with E-state index < -0.39 is 0 Å². The summed E-state index contributed by atoms with van der Waals surface area (Å²) in [7, 11) is 0. The van der Waals surface area contributed by atoms with Crippen molar-refractivity contribution in [2.24, 2.45) is 0 Å². The lowest BCUT2D eigenvalue weighted by Crippen LogP contribution is -2.57. The molecule has 5 heteroatoms. The first-order valence-corrected chi connectivity index (χ1v) is 7.66. The third-order valence-corrected chi connectivity index (χ3v) is 3.83. The first kappa shape index (κ1) is 14.5. The van der Waals surface area contributed by atoms with Gasteiger partial charge in [0.2, 0.25) is 11.9 Å². The lowest BCUT2D eigenvalue weighted by Gasteiger charge is -2.39. The summed E-state index contributed by atoms with van der Waals surface area (Å²) in [5.74, 6) is 0.867. The molecule has 0 bridgehead atoms. The second-order valence-corrected chi connectivity index (χ2v) is 5.55. The van der Waals surface area contributed by atoms with Crippen molar-refractivity contribution in [3.8, 4) is 0 Å². The Morgan fingerprint density at radius 2 is 1.86 bits per heavy atom. The zero-order valence-electron chi connectivity index (χ0n) is 12.5. The molecule has 22 heavy (non-hydrogen) atoms. The van der Waals surface area contributed by atoms with Gasteiger partial charge in [0.15, 0.2) is 0 Å². The molecule has 1 N–H and O–H groups in total. The summed E-state index contributed by atoms with van der Waals surface area (Å²) in [5.41, 5.74) is 1.29. The Balaban J connectivity index is 1.35. The van der Waals surface area contributed by atoms with Crippen molar-refractivity contribution >= 4 is 11.9 Å². The zero-order valence-corrected chi connectivity index (χ0v) is 12.5. The molecule has 1 saturated heterocycles. The van der Waals surface area contributed by atoms with Gasteiger partial charge in [-0.3, -0.25) is 4.79 Å². The number of likely N-dealkylation sites (tertiary alicyclic amines) is 1. The Bertz CT molecular complexity index is 597. The molecule has 0 radical (unpaired) electrons. The third kappa shape index (κ3) is 3.81. The normalized spacial score (nSPS) is 14.5. The van der Waals surface area contributed by atoms with E-state index in [-0.39, 0.29) is 11.9 Å². The van der Waals surface area contributed by atoms with E-state index >= 15 is 0 Å². The quantitative estimate of drug-likeness (QED) is 0.887. The van der Waals surface area contributed by atoms with Crippen molar-refractivity contribution in [3.05, 3.63) is 54.4 Å². The van der Waals surface area contributed by atoms with Gasteiger partial charge in [0.05, 0.1) is 6.04 Å². The maximum absolute atomic E-state index is 12.1. The van der Waals surface area contributed by atoms with E-state index in [4.69, 9.17) is 0 Å². The summed E-state index contributed by atoms with van der Waals surface area (Å²) >= 11 is 0. The monoisotopic (exact) mass is 296 g/mol. The minimum atomic E-state index is 0.239. The molecule has 3 rings (SSSR count).